The second-order valence-electron chi connectivity index (χ2n) is 5.03. The van der Waals surface area contributed by atoms with Gasteiger partial charge in [0, 0.05) is 15.6 Å². The van der Waals surface area contributed by atoms with Gasteiger partial charge < -0.3 is 4.98 Å². The van der Waals surface area contributed by atoms with Gasteiger partial charge in [0.1, 0.15) is 5.82 Å². The molecule has 1 aromatic heterocycles. The molecule has 5 heteroatoms. The normalized spacial score (nSPS) is 14.7. The summed E-state index contributed by atoms with van der Waals surface area (Å²) in [4.78, 5) is 19.8. The average molecular weight is 354 g/mol. The molecule has 0 spiro atoms. The lowest BCUT2D eigenvalue weighted by atomic mass is 10.1. The second-order valence-corrected chi connectivity index (χ2v) is 6.29. The van der Waals surface area contributed by atoms with Crippen LogP contribution in [0.4, 0.5) is 0 Å². The third-order valence-electron chi connectivity index (χ3n) is 3.63. The first kappa shape index (κ1) is 13.8. The van der Waals surface area contributed by atoms with Crippen LogP contribution in [-0.2, 0) is 12.8 Å². The first-order valence-corrected chi connectivity index (χ1v) is 7.90. The van der Waals surface area contributed by atoms with Crippen molar-refractivity contribution in [2.75, 3.05) is 0 Å². The zero-order valence-electron chi connectivity index (χ0n) is 10.9. The molecule has 1 aromatic carbocycles. The predicted octanol–water partition coefficient (Wildman–Crippen LogP) is 4.12. The van der Waals surface area contributed by atoms with Crippen LogP contribution in [-0.4, -0.2) is 9.97 Å². The predicted molar refractivity (Wildman–Crippen MR) is 84.3 cm³/mol. The summed E-state index contributed by atoms with van der Waals surface area (Å²) in [5.41, 5.74) is 2.68. The number of halogens is 2. The molecule has 0 fully saturated rings. The fraction of sp³-hybridized carbons (Fsp3) is 0.333. The van der Waals surface area contributed by atoms with Gasteiger partial charge in [0.2, 0.25) is 0 Å². The number of rotatable bonds is 1. The number of hydrogen-bond acceptors (Lipinski definition) is 2. The Kier molecular flexibility index (Phi) is 3.94. The summed E-state index contributed by atoms with van der Waals surface area (Å²) in [6.45, 7) is 0. The van der Waals surface area contributed by atoms with E-state index >= 15 is 0 Å². The van der Waals surface area contributed by atoms with Gasteiger partial charge in [0.05, 0.1) is 10.7 Å². The average Bonchev–Trinajstić information content (AvgIpc) is 2.67. The Morgan fingerprint density at radius 2 is 2.00 bits per heavy atom. The number of hydrogen-bond donors (Lipinski definition) is 1. The summed E-state index contributed by atoms with van der Waals surface area (Å²) in [5, 5.41) is 0.644. The Labute approximate surface area is 130 Å². The van der Waals surface area contributed by atoms with Crippen LogP contribution in [0.3, 0.4) is 0 Å². The highest BCUT2D eigenvalue weighted by Crippen LogP contribution is 2.27. The second kappa shape index (κ2) is 5.70. The molecule has 1 aliphatic carbocycles. The number of nitrogens with zero attached hydrogens (tertiary/aromatic N) is 1. The number of benzene rings is 1. The van der Waals surface area contributed by atoms with E-state index in [1.807, 2.05) is 12.1 Å². The van der Waals surface area contributed by atoms with Crippen molar-refractivity contribution >= 4 is 27.5 Å². The summed E-state index contributed by atoms with van der Waals surface area (Å²) >= 11 is 9.39. The van der Waals surface area contributed by atoms with Crippen molar-refractivity contribution in [1.82, 2.24) is 9.97 Å². The van der Waals surface area contributed by atoms with Crippen molar-refractivity contribution < 1.29 is 0 Å². The molecule has 3 nitrogen and oxygen atoms in total. The maximum absolute atomic E-state index is 12.2. The zero-order chi connectivity index (χ0) is 14.1. The molecule has 0 bridgehead atoms. The van der Waals surface area contributed by atoms with E-state index < -0.39 is 0 Å². The van der Waals surface area contributed by atoms with Crippen LogP contribution in [0.25, 0.3) is 11.4 Å². The first-order chi connectivity index (χ1) is 9.65. The maximum Gasteiger partial charge on any atom is 0.254 e. The van der Waals surface area contributed by atoms with E-state index in [0.717, 1.165) is 53.4 Å². The lowest BCUT2D eigenvalue weighted by molar-refractivity contribution is 0.708. The minimum absolute atomic E-state index is 0.00188. The highest BCUT2D eigenvalue weighted by molar-refractivity contribution is 9.10. The molecular formula is C15H14BrClN2O. The van der Waals surface area contributed by atoms with E-state index in [1.165, 1.54) is 0 Å². The van der Waals surface area contributed by atoms with E-state index in [0.29, 0.717) is 10.8 Å². The van der Waals surface area contributed by atoms with Gasteiger partial charge in [0.15, 0.2) is 0 Å². The first-order valence-electron chi connectivity index (χ1n) is 6.72. The molecule has 0 saturated heterocycles. The minimum Gasteiger partial charge on any atom is -0.306 e. The Bertz CT molecular complexity index is 712. The number of aromatic nitrogens is 2. The van der Waals surface area contributed by atoms with Crippen LogP contribution in [0, 0.1) is 0 Å². The molecule has 20 heavy (non-hydrogen) atoms. The standard InChI is InChI=1S/C15H14BrClN2O/c16-11-8-9(6-7-12(11)17)14-18-13-5-3-1-2-4-10(13)15(20)19-14/h6-8H,1-5H2,(H,18,19,20). The quantitative estimate of drug-likeness (QED) is 0.784. The van der Waals surface area contributed by atoms with Gasteiger partial charge in [-0.1, -0.05) is 18.0 Å². The van der Waals surface area contributed by atoms with E-state index in [2.05, 4.69) is 25.9 Å². The summed E-state index contributed by atoms with van der Waals surface area (Å²) < 4.78 is 0.800. The minimum atomic E-state index is -0.00188. The monoisotopic (exact) mass is 352 g/mol. The lowest BCUT2D eigenvalue weighted by Crippen LogP contribution is -2.18. The van der Waals surface area contributed by atoms with Gasteiger partial charge in [-0.05, 0) is 59.8 Å². The molecule has 0 radical (unpaired) electrons. The Balaban J connectivity index is 2.10. The van der Waals surface area contributed by atoms with Gasteiger partial charge >= 0.3 is 0 Å². The third-order valence-corrected chi connectivity index (χ3v) is 4.85. The fourth-order valence-corrected chi connectivity index (χ4v) is 3.06. The summed E-state index contributed by atoms with van der Waals surface area (Å²) in [6, 6.07) is 5.55. The van der Waals surface area contributed by atoms with Crippen molar-refractivity contribution in [2.24, 2.45) is 0 Å². The summed E-state index contributed by atoms with van der Waals surface area (Å²) in [6.07, 6.45) is 5.07. The summed E-state index contributed by atoms with van der Waals surface area (Å²) in [5.74, 6) is 0.619. The van der Waals surface area contributed by atoms with E-state index in [4.69, 9.17) is 11.6 Å². The molecule has 1 heterocycles. The topological polar surface area (TPSA) is 45.8 Å². The van der Waals surface area contributed by atoms with Gasteiger partial charge in [-0.2, -0.15) is 0 Å². The van der Waals surface area contributed by atoms with Crippen molar-refractivity contribution in [3.8, 4) is 11.4 Å². The number of nitrogens with one attached hydrogen (secondary N) is 1. The molecule has 1 aliphatic rings. The van der Waals surface area contributed by atoms with Crippen LogP contribution in [0.1, 0.15) is 30.5 Å². The van der Waals surface area contributed by atoms with Crippen LogP contribution < -0.4 is 5.56 Å². The van der Waals surface area contributed by atoms with Gasteiger partial charge in [-0.15, -0.1) is 0 Å². The van der Waals surface area contributed by atoms with Crippen LogP contribution >= 0.6 is 27.5 Å². The SMILES string of the molecule is O=c1[nH]c(-c2ccc(Cl)c(Br)c2)nc2c1CCCCC2. The highest BCUT2D eigenvalue weighted by Gasteiger charge is 2.15. The molecule has 0 unspecified atom stereocenters. The fourth-order valence-electron chi connectivity index (χ4n) is 2.56. The molecule has 104 valence electrons. The van der Waals surface area contributed by atoms with Crippen molar-refractivity contribution in [3.05, 3.63) is 49.3 Å². The molecule has 0 amide bonds. The number of aromatic amines is 1. The highest BCUT2D eigenvalue weighted by atomic mass is 79.9. The molecule has 0 atom stereocenters. The molecule has 3 rings (SSSR count). The molecule has 1 N–H and O–H groups in total. The Hall–Kier alpha value is -1.13. The van der Waals surface area contributed by atoms with Gasteiger partial charge in [0.25, 0.3) is 5.56 Å². The Morgan fingerprint density at radius 3 is 2.80 bits per heavy atom. The van der Waals surface area contributed by atoms with Gasteiger partial charge in [-0.25, -0.2) is 4.98 Å². The van der Waals surface area contributed by atoms with Crippen LogP contribution in [0.2, 0.25) is 5.02 Å². The Morgan fingerprint density at radius 1 is 1.20 bits per heavy atom. The molecule has 2 aromatic rings. The number of H-pyrrole nitrogens is 1. The van der Waals surface area contributed by atoms with Crippen LogP contribution in [0.15, 0.2) is 27.5 Å². The zero-order valence-corrected chi connectivity index (χ0v) is 13.2. The number of fused-ring (bicyclic) bond motifs is 1. The van der Waals surface area contributed by atoms with Crippen molar-refractivity contribution in [2.45, 2.75) is 32.1 Å². The lowest BCUT2D eigenvalue weighted by Gasteiger charge is -2.08. The molecular weight excluding hydrogens is 340 g/mol. The van der Waals surface area contributed by atoms with E-state index in [9.17, 15) is 4.79 Å². The van der Waals surface area contributed by atoms with E-state index in [-0.39, 0.29) is 5.56 Å². The largest absolute Gasteiger partial charge is 0.306 e. The molecule has 0 aliphatic heterocycles. The smallest absolute Gasteiger partial charge is 0.254 e. The van der Waals surface area contributed by atoms with Crippen molar-refractivity contribution in [3.63, 3.8) is 0 Å². The summed E-state index contributed by atoms with van der Waals surface area (Å²) in [7, 11) is 0. The van der Waals surface area contributed by atoms with Crippen LogP contribution in [0.5, 0.6) is 0 Å². The third kappa shape index (κ3) is 2.67. The maximum atomic E-state index is 12.2. The number of aryl methyl sites for hydroxylation is 1. The van der Waals surface area contributed by atoms with Crippen molar-refractivity contribution in [1.29, 1.82) is 0 Å². The van der Waals surface area contributed by atoms with Gasteiger partial charge in [-0.3, -0.25) is 4.79 Å². The molecule has 0 saturated carbocycles. The van der Waals surface area contributed by atoms with E-state index in [1.54, 1.807) is 6.07 Å².